The lowest BCUT2D eigenvalue weighted by Crippen LogP contribution is -2.11. The maximum atomic E-state index is 13.3. The first-order valence-electron chi connectivity index (χ1n) is 6.11. The standard InChI is InChI=1S/C15H12F2O4/c16-10-5-6-14(12(17)9-10)21-8-7-20-13-4-2-1-3-11(13)15(18)19/h1-6,9H,7-8H2,(H,18,19). The first-order valence-corrected chi connectivity index (χ1v) is 6.11. The van der Waals surface area contributed by atoms with Crippen molar-refractivity contribution >= 4 is 5.97 Å². The number of hydrogen-bond donors (Lipinski definition) is 1. The van der Waals surface area contributed by atoms with Gasteiger partial charge in [0.1, 0.15) is 30.3 Å². The summed E-state index contributed by atoms with van der Waals surface area (Å²) in [7, 11) is 0. The van der Waals surface area contributed by atoms with Crippen LogP contribution in [0, 0.1) is 11.6 Å². The molecule has 0 aromatic heterocycles. The van der Waals surface area contributed by atoms with Crippen molar-refractivity contribution in [2.45, 2.75) is 0 Å². The van der Waals surface area contributed by atoms with Gasteiger partial charge in [0.2, 0.25) is 0 Å². The summed E-state index contributed by atoms with van der Waals surface area (Å²) in [5.74, 6) is -2.48. The van der Waals surface area contributed by atoms with E-state index in [4.69, 9.17) is 14.6 Å². The van der Waals surface area contributed by atoms with E-state index in [1.54, 1.807) is 12.1 Å². The highest BCUT2D eigenvalue weighted by Gasteiger charge is 2.10. The second-order valence-electron chi connectivity index (χ2n) is 4.07. The first-order chi connectivity index (χ1) is 10.1. The van der Waals surface area contributed by atoms with Gasteiger partial charge in [-0.2, -0.15) is 0 Å². The minimum absolute atomic E-state index is 0.00347. The highest BCUT2D eigenvalue weighted by Crippen LogP contribution is 2.19. The summed E-state index contributed by atoms with van der Waals surface area (Å²) < 4.78 is 36.4. The maximum Gasteiger partial charge on any atom is 0.339 e. The number of carboxylic acid groups (broad SMARTS) is 1. The Bertz CT molecular complexity index is 643. The summed E-state index contributed by atoms with van der Waals surface area (Å²) in [6, 6.07) is 9.13. The molecule has 0 atom stereocenters. The van der Waals surface area contributed by atoms with Crippen LogP contribution in [0.3, 0.4) is 0 Å². The average Bonchev–Trinajstić information content (AvgIpc) is 2.45. The van der Waals surface area contributed by atoms with Crippen LogP contribution in [0.4, 0.5) is 8.78 Å². The van der Waals surface area contributed by atoms with E-state index in [0.717, 1.165) is 12.1 Å². The van der Waals surface area contributed by atoms with Crippen molar-refractivity contribution in [3.05, 3.63) is 59.7 Å². The maximum absolute atomic E-state index is 13.3. The van der Waals surface area contributed by atoms with Crippen LogP contribution < -0.4 is 9.47 Å². The number of halogens is 2. The lowest BCUT2D eigenvalue weighted by molar-refractivity contribution is 0.0691. The molecule has 2 rings (SSSR count). The molecule has 2 aromatic carbocycles. The average molecular weight is 294 g/mol. The summed E-state index contributed by atoms with van der Waals surface area (Å²) in [5, 5.41) is 8.97. The molecule has 0 heterocycles. The smallest absolute Gasteiger partial charge is 0.339 e. The fraction of sp³-hybridized carbons (Fsp3) is 0.133. The van der Waals surface area contributed by atoms with Gasteiger partial charge in [-0.05, 0) is 24.3 Å². The molecule has 0 aliphatic heterocycles. The number of hydrogen-bond acceptors (Lipinski definition) is 3. The van der Waals surface area contributed by atoms with E-state index in [2.05, 4.69) is 0 Å². The van der Waals surface area contributed by atoms with Gasteiger partial charge >= 0.3 is 5.97 Å². The zero-order valence-corrected chi connectivity index (χ0v) is 10.9. The van der Waals surface area contributed by atoms with Crippen molar-refractivity contribution in [1.82, 2.24) is 0 Å². The number of para-hydroxylation sites is 1. The molecule has 2 aromatic rings. The van der Waals surface area contributed by atoms with Gasteiger partial charge in [0.15, 0.2) is 11.6 Å². The Hall–Kier alpha value is -2.63. The highest BCUT2D eigenvalue weighted by atomic mass is 19.1. The number of carbonyl (C=O) groups is 1. The van der Waals surface area contributed by atoms with Crippen LogP contribution >= 0.6 is 0 Å². The monoisotopic (exact) mass is 294 g/mol. The van der Waals surface area contributed by atoms with E-state index in [1.807, 2.05) is 0 Å². The summed E-state index contributed by atoms with van der Waals surface area (Å²) in [5.41, 5.74) is 0.0328. The van der Waals surface area contributed by atoms with E-state index in [-0.39, 0.29) is 30.3 Å². The van der Waals surface area contributed by atoms with Gasteiger partial charge in [0.25, 0.3) is 0 Å². The Labute approximate surface area is 119 Å². The molecule has 0 saturated heterocycles. The molecule has 0 radical (unpaired) electrons. The molecule has 0 saturated carbocycles. The Balaban J connectivity index is 1.89. The van der Waals surface area contributed by atoms with Crippen molar-refractivity contribution in [3.8, 4) is 11.5 Å². The lowest BCUT2D eigenvalue weighted by Gasteiger charge is -2.10. The fourth-order valence-corrected chi connectivity index (χ4v) is 1.66. The van der Waals surface area contributed by atoms with Crippen molar-refractivity contribution in [2.24, 2.45) is 0 Å². The Morgan fingerprint density at radius 1 is 1.00 bits per heavy atom. The molecule has 0 unspecified atom stereocenters. The summed E-state index contributed by atoms with van der Waals surface area (Å²) >= 11 is 0. The molecule has 0 bridgehead atoms. The van der Waals surface area contributed by atoms with E-state index in [0.29, 0.717) is 0 Å². The van der Waals surface area contributed by atoms with Crippen LogP contribution in [0.5, 0.6) is 11.5 Å². The summed E-state index contributed by atoms with van der Waals surface area (Å²) in [4.78, 5) is 11.0. The van der Waals surface area contributed by atoms with Gasteiger partial charge in [-0.25, -0.2) is 13.6 Å². The van der Waals surface area contributed by atoms with Gasteiger partial charge < -0.3 is 14.6 Å². The predicted molar refractivity (Wildman–Crippen MR) is 70.7 cm³/mol. The van der Waals surface area contributed by atoms with Crippen LogP contribution in [0.15, 0.2) is 42.5 Å². The summed E-state index contributed by atoms with van der Waals surface area (Å²) in [6.45, 7) is 0.0254. The number of rotatable bonds is 6. The van der Waals surface area contributed by atoms with E-state index in [9.17, 15) is 13.6 Å². The molecule has 0 amide bonds. The third kappa shape index (κ3) is 3.92. The number of ether oxygens (including phenoxy) is 2. The molecule has 0 spiro atoms. The van der Waals surface area contributed by atoms with Crippen LogP contribution in [0.25, 0.3) is 0 Å². The molecule has 0 aliphatic rings. The minimum Gasteiger partial charge on any atom is -0.489 e. The van der Waals surface area contributed by atoms with Gasteiger partial charge in [-0.3, -0.25) is 0 Å². The molecular weight excluding hydrogens is 282 g/mol. The number of aromatic carboxylic acids is 1. The molecule has 1 N–H and O–H groups in total. The van der Waals surface area contributed by atoms with Gasteiger partial charge in [-0.15, -0.1) is 0 Å². The largest absolute Gasteiger partial charge is 0.489 e. The van der Waals surface area contributed by atoms with Crippen LogP contribution in [-0.4, -0.2) is 24.3 Å². The highest BCUT2D eigenvalue weighted by molar-refractivity contribution is 5.90. The van der Waals surface area contributed by atoms with Crippen LogP contribution in [0.2, 0.25) is 0 Å². The molecule has 0 fully saturated rings. The van der Waals surface area contributed by atoms with Gasteiger partial charge in [-0.1, -0.05) is 12.1 Å². The molecular formula is C15H12F2O4. The molecule has 4 nitrogen and oxygen atoms in total. The van der Waals surface area contributed by atoms with E-state index >= 15 is 0 Å². The quantitative estimate of drug-likeness (QED) is 0.832. The van der Waals surface area contributed by atoms with Crippen LogP contribution in [0.1, 0.15) is 10.4 Å². The third-order valence-corrected chi connectivity index (χ3v) is 2.61. The van der Waals surface area contributed by atoms with Crippen molar-refractivity contribution in [1.29, 1.82) is 0 Å². The predicted octanol–water partition coefficient (Wildman–Crippen LogP) is 3.12. The molecule has 0 aliphatic carbocycles. The molecule has 21 heavy (non-hydrogen) atoms. The molecule has 6 heteroatoms. The topological polar surface area (TPSA) is 55.8 Å². The van der Waals surface area contributed by atoms with E-state index < -0.39 is 17.6 Å². The minimum atomic E-state index is -1.10. The zero-order chi connectivity index (χ0) is 15.2. The van der Waals surface area contributed by atoms with Crippen molar-refractivity contribution in [3.63, 3.8) is 0 Å². The second kappa shape index (κ2) is 6.69. The van der Waals surface area contributed by atoms with Crippen molar-refractivity contribution in [2.75, 3.05) is 13.2 Å². The number of carboxylic acids is 1. The SMILES string of the molecule is O=C(O)c1ccccc1OCCOc1ccc(F)cc1F. The third-order valence-electron chi connectivity index (χ3n) is 2.61. The Morgan fingerprint density at radius 3 is 2.33 bits per heavy atom. The Morgan fingerprint density at radius 2 is 1.67 bits per heavy atom. The lowest BCUT2D eigenvalue weighted by atomic mass is 10.2. The normalized spacial score (nSPS) is 10.2. The van der Waals surface area contributed by atoms with Gasteiger partial charge in [0, 0.05) is 6.07 Å². The Kier molecular flexibility index (Phi) is 4.71. The fourth-order valence-electron chi connectivity index (χ4n) is 1.66. The second-order valence-corrected chi connectivity index (χ2v) is 4.07. The van der Waals surface area contributed by atoms with Crippen molar-refractivity contribution < 1.29 is 28.2 Å². The van der Waals surface area contributed by atoms with E-state index in [1.165, 1.54) is 18.2 Å². The number of benzene rings is 2. The molecule has 110 valence electrons. The first kappa shape index (κ1) is 14.8. The van der Waals surface area contributed by atoms with Gasteiger partial charge in [0.05, 0.1) is 0 Å². The zero-order valence-electron chi connectivity index (χ0n) is 10.9. The van der Waals surface area contributed by atoms with Crippen LogP contribution in [-0.2, 0) is 0 Å². The summed E-state index contributed by atoms with van der Waals surface area (Å²) in [6.07, 6.45) is 0.